The third-order valence-electron chi connectivity index (χ3n) is 4.32. The number of hydrogen-bond donors (Lipinski definition) is 0. The summed E-state index contributed by atoms with van der Waals surface area (Å²) in [6.45, 7) is 14.3. The quantitative estimate of drug-likeness (QED) is 0.458. The molecule has 0 heteroatoms. The van der Waals surface area contributed by atoms with E-state index in [1.54, 1.807) is 0 Å². The fraction of sp³-hybridized carbons (Fsp3) is 1.00. The molecular weight excluding hydrogens is 192 g/mol. The molecule has 0 N–H and O–H groups in total. The van der Waals surface area contributed by atoms with E-state index in [2.05, 4.69) is 41.5 Å². The van der Waals surface area contributed by atoms with Gasteiger partial charge < -0.3 is 0 Å². The summed E-state index contributed by atoms with van der Waals surface area (Å²) in [5.41, 5.74) is 0. The lowest BCUT2D eigenvalue weighted by atomic mass is 9.78. The molecule has 0 radical (unpaired) electrons. The van der Waals surface area contributed by atoms with E-state index in [0.29, 0.717) is 0 Å². The highest BCUT2D eigenvalue weighted by molar-refractivity contribution is 4.70. The lowest BCUT2D eigenvalue weighted by Gasteiger charge is -2.27. The molecule has 0 rings (SSSR count). The predicted octanol–water partition coefficient (Wildman–Crippen LogP) is 5.91. The zero-order chi connectivity index (χ0) is 12.6. The smallest absolute Gasteiger partial charge is 0.0394 e. The Kier molecular flexibility index (Phi) is 9.07. The summed E-state index contributed by atoms with van der Waals surface area (Å²) < 4.78 is 0. The standard InChI is InChI=1S/C16H34/c1-7-9-11-16(10-8-2)12-14(5)15(6)13(3)4/h13-16H,7-12H2,1-6H3. The minimum absolute atomic E-state index is 0.837. The minimum atomic E-state index is 0.837. The summed E-state index contributed by atoms with van der Waals surface area (Å²) in [5, 5.41) is 0. The molecule has 0 spiro atoms. The van der Waals surface area contributed by atoms with Gasteiger partial charge in [0.2, 0.25) is 0 Å². The van der Waals surface area contributed by atoms with Crippen LogP contribution in [0.3, 0.4) is 0 Å². The Bertz CT molecular complexity index is 148. The van der Waals surface area contributed by atoms with Crippen molar-refractivity contribution in [1.29, 1.82) is 0 Å². The predicted molar refractivity (Wildman–Crippen MR) is 75.7 cm³/mol. The van der Waals surface area contributed by atoms with Crippen LogP contribution in [0.1, 0.15) is 80.1 Å². The lowest BCUT2D eigenvalue weighted by molar-refractivity contribution is 0.232. The Hall–Kier alpha value is 0. The Morgan fingerprint density at radius 1 is 0.812 bits per heavy atom. The Morgan fingerprint density at radius 3 is 1.88 bits per heavy atom. The maximum atomic E-state index is 2.46. The maximum Gasteiger partial charge on any atom is -0.0394 e. The second-order valence-corrected chi connectivity index (χ2v) is 6.11. The molecule has 0 saturated heterocycles. The van der Waals surface area contributed by atoms with Gasteiger partial charge in [0.05, 0.1) is 0 Å². The molecule has 0 aliphatic heterocycles. The van der Waals surface area contributed by atoms with Crippen LogP contribution >= 0.6 is 0 Å². The minimum Gasteiger partial charge on any atom is -0.0654 e. The lowest BCUT2D eigenvalue weighted by Crippen LogP contribution is -2.18. The first-order chi connectivity index (χ1) is 7.52. The summed E-state index contributed by atoms with van der Waals surface area (Å²) in [6, 6.07) is 0. The maximum absolute atomic E-state index is 2.46. The molecule has 0 fully saturated rings. The van der Waals surface area contributed by atoms with Crippen LogP contribution in [0.4, 0.5) is 0 Å². The van der Waals surface area contributed by atoms with Crippen molar-refractivity contribution in [3.05, 3.63) is 0 Å². The third-order valence-corrected chi connectivity index (χ3v) is 4.32. The van der Waals surface area contributed by atoms with E-state index >= 15 is 0 Å². The van der Waals surface area contributed by atoms with E-state index in [1.807, 2.05) is 0 Å². The topological polar surface area (TPSA) is 0 Å². The van der Waals surface area contributed by atoms with E-state index in [4.69, 9.17) is 0 Å². The first-order valence-corrected chi connectivity index (χ1v) is 7.52. The first-order valence-electron chi connectivity index (χ1n) is 7.52. The van der Waals surface area contributed by atoms with Gasteiger partial charge in [-0.3, -0.25) is 0 Å². The Morgan fingerprint density at radius 2 is 1.44 bits per heavy atom. The summed E-state index contributed by atoms with van der Waals surface area (Å²) in [6.07, 6.45) is 8.49. The van der Waals surface area contributed by atoms with Crippen molar-refractivity contribution in [3.63, 3.8) is 0 Å². The molecule has 3 unspecified atom stereocenters. The van der Waals surface area contributed by atoms with Gasteiger partial charge in [-0.05, 0) is 30.1 Å². The highest BCUT2D eigenvalue weighted by Crippen LogP contribution is 2.30. The van der Waals surface area contributed by atoms with E-state index in [-0.39, 0.29) is 0 Å². The average molecular weight is 226 g/mol. The molecule has 0 aliphatic carbocycles. The van der Waals surface area contributed by atoms with Crippen LogP contribution in [0.25, 0.3) is 0 Å². The van der Waals surface area contributed by atoms with Gasteiger partial charge >= 0.3 is 0 Å². The van der Waals surface area contributed by atoms with Gasteiger partial charge in [0, 0.05) is 0 Å². The van der Waals surface area contributed by atoms with Gasteiger partial charge in [-0.15, -0.1) is 0 Å². The van der Waals surface area contributed by atoms with Crippen molar-refractivity contribution >= 4 is 0 Å². The van der Waals surface area contributed by atoms with E-state index in [9.17, 15) is 0 Å². The van der Waals surface area contributed by atoms with Crippen LogP contribution in [0.5, 0.6) is 0 Å². The van der Waals surface area contributed by atoms with Gasteiger partial charge in [0.15, 0.2) is 0 Å². The summed E-state index contributed by atoms with van der Waals surface area (Å²) in [4.78, 5) is 0. The number of hydrogen-bond acceptors (Lipinski definition) is 0. The zero-order valence-electron chi connectivity index (χ0n) is 12.6. The number of rotatable bonds is 9. The monoisotopic (exact) mass is 226 g/mol. The highest BCUT2D eigenvalue weighted by atomic mass is 14.2. The summed E-state index contributed by atoms with van der Waals surface area (Å²) in [5.74, 6) is 3.60. The third kappa shape index (κ3) is 6.55. The van der Waals surface area contributed by atoms with Gasteiger partial charge in [0.25, 0.3) is 0 Å². The van der Waals surface area contributed by atoms with E-state index < -0.39 is 0 Å². The van der Waals surface area contributed by atoms with Crippen LogP contribution in [-0.4, -0.2) is 0 Å². The first kappa shape index (κ1) is 16.0. The normalized spacial score (nSPS) is 17.4. The van der Waals surface area contributed by atoms with Crippen molar-refractivity contribution in [3.8, 4) is 0 Å². The van der Waals surface area contributed by atoms with Crippen molar-refractivity contribution in [2.75, 3.05) is 0 Å². The fourth-order valence-corrected chi connectivity index (χ4v) is 2.68. The second-order valence-electron chi connectivity index (χ2n) is 6.11. The molecule has 0 aromatic carbocycles. The van der Waals surface area contributed by atoms with Crippen LogP contribution in [-0.2, 0) is 0 Å². The molecule has 0 heterocycles. The van der Waals surface area contributed by atoms with Gasteiger partial charge in [-0.2, -0.15) is 0 Å². The molecule has 0 bridgehead atoms. The van der Waals surface area contributed by atoms with Crippen molar-refractivity contribution in [1.82, 2.24) is 0 Å². The molecule has 16 heavy (non-hydrogen) atoms. The molecule has 98 valence electrons. The largest absolute Gasteiger partial charge is 0.0654 e. The highest BCUT2D eigenvalue weighted by Gasteiger charge is 2.19. The molecule has 0 amide bonds. The van der Waals surface area contributed by atoms with Crippen LogP contribution in [0, 0.1) is 23.7 Å². The van der Waals surface area contributed by atoms with Crippen LogP contribution < -0.4 is 0 Å². The van der Waals surface area contributed by atoms with E-state index in [0.717, 1.165) is 23.7 Å². The van der Waals surface area contributed by atoms with Crippen molar-refractivity contribution in [2.24, 2.45) is 23.7 Å². The second kappa shape index (κ2) is 9.07. The molecule has 0 aliphatic rings. The van der Waals surface area contributed by atoms with Crippen LogP contribution in [0.15, 0.2) is 0 Å². The molecule has 0 aromatic rings. The Labute approximate surface area is 104 Å². The zero-order valence-corrected chi connectivity index (χ0v) is 12.6. The van der Waals surface area contributed by atoms with Crippen molar-refractivity contribution in [2.45, 2.75) is 80.1 Å². The van der Waals surface area contributed by atoms with E-state index in [1.165, 1.54) is 38.5 Å². The number of unbranched alkanes of at least 4 members (excludes halogenated alkanes) is 1. The molecule has 0 nitrogen and oxygen atoms in total. The SMILES string of the molecule is CCCCC(CCC)CC(C)C(C)C(C)C. The average Bonchev–Trinajstić information content (AvgIpc) is 2.24. The van der Waals surface area contributed by atoms with Gasteiger partial charge in [-0.25, -0.2) is 0 Å². The fourth-order valence-electron chi connectivity index (χ4n) is 2.68. The molecule has 0 saturated carbocycles. The molecule has 3 atom stereocenters. The Balaban J connectivity index is 4.05. The summed E-state index contributed by atoms with van der Waals surface area (Å²) in [7, 11) is 0. The molecular formula is C16H34. The molecule has 0 aromatic heterocycles. The summed E-state index contributed by atoms with van der Waals surface area (Å²) >= 11 is 0. The van der Waals surface area contributed by atoms with Crippen LogP contribution in [0.2, 0.25) is 0 Å². The van der Waals surface area contributed by atoms with Gasteiger partial charge in [0.1, 0.15) is 0 Å². The van der Waals surface area contributed by atoms with Crippen molar-refractivity contribution < 1.29 is 0 Å². The van der Waals surface area contributed by atoms with Gasteiger partial charge in [-0.1, -0.05) is 73.6 Å².